The van der Waals surface area contributed by atoms with E-state index in [9.17, 15) is 18.0 Å². The fourth-order valence-electron chi connectivity index (χ4n) is 2.02. The molecule has 0 spiro atoms. The van der Waals surface area contributed by atoms with Crippen molar-refractivity contribution in [2.45, 2.75) is 4.90 Å². The smallest absolute Gasteiger partial charge is 0.340 e. The maximum atomic E-state index is 12.2. The largest absolute Gasteiger partial charge is 0.454 e. The minimum atomic E-state index is -3.54. The van der Waals surface area contributed by atoms with Crippen LogP contribution in [-0.2, 0) is 14.8 Å². The van der Waals surface area contributed by atoms with Crippen LogP contribution in [0, 0.1) is 0 Å². The molecule has 0 saturated carbocycles. The van der Waals surface area contributed by atoms with Gasteiger partial charge in [0.15, 0.2) is 12.4 Å². The summed E-state index contributed by atoms with van der Waals surface area (Å²) < 4.78 is 30.0. The second-order valence-electron chi connectivity index (χ2n) is 5.15. The zero-order valence-corrected chi connectivity index (χ0v) is 15.3. The molecule has 6 nitrogen and oxygen atoms in total. The van der Waals surface area contributed by atoms with E-state index in [1.54, 1.807) is 36.0 Å². The van der Waals surface area contributed by atoms with E-state index in [4.69, 9.17) is 4.74 Å². The highest BCUT2D eigenvalue weighted by Gasteiger charge is 2.16. The quantitative estimate of drug-likeness (QED) is 0.452. The van der Waals surface area contributed by atoms with E-state index < -0.39 is 22.6 Å². The third-order valence-electron chi connectivity index (χ3n) is 3.19. The molecule has 0 bridgehead atoms. The van der Waals surface area contributed by atoms with Crippen molar-refractivity contribution in [3.05, 3.63) is 59.7 Å². The van der Waals surface area contributed by atoms with Gasteiger partial charge in [-0.05, 0) is 30.5 Å². The van der Waals surface area contributed by atoms with Crippen LogP contribution < -0.4 is 4.72 Å². The number of nitrogens with one attached hydrogen (secondary N) is 1. The Labute approximate surface area is 150 Å². The Kier molecular flexibility index (Phi) is 6.22. The third-order valence-corrected chi connectivity index (χ3v) is 4.52. The van der Waals surface area contributed by atoms with Crippen LogP contribution in [-0.4, -0.2) is 39.3 Å². The van der Waals surface area contributed by atoms with Gasteiger partial charge in [-0.1, -0.05) is 24.3 Å². The molecule has 0 atom stereocenters. The second-order valence-corrected chi connectivity index (χ2v) is 7.78. The van der Waals surface area contributed by atoms with Crippen molar-refractivity contribution in [2.75, 3.05) is 23.8 Å². The van der Waals surface area contributed by atoms with Gasteiger partial charge in [0, 0.05) is 10.5 Å². The van der Waals surface area contributed by atoms with Crippen molar-refractivity contribution in [3.63, 3.8) is 0 Å². The number of carbonyl (C=O) groups is 2. The lowest BCUT2D eigenvalue weighted by atomic mass is 10.1. The molecule has 0 aliphatic heterocycles. The first-order chi connectivity index (χ1) is 11.8. The van der Waals surface area contributed by atoms with Gasteiger partial charge in [-0.3, -0.25) is 9.52 Å². The molecular formula is C17H17NO5S2. The van der Waals surface area contributed by atoms with Crippen LogP contribution in [0.2, 0.25) is 0 Å². The fourth-order valence-corrected chi connectivity index (χ4v) is 3.00. The molecular weight excluding hydrogens is 362 g/mol. The molecule has 25 heavy (non-hydrogen) atoms. The first-order valence-electron chi connectivity index (χ1n) is 7.21. The predicted molar refractivity (Wildman–Crippen MR) is 97.7 cm³/mol. The highest BCUT2D eigenvalue weighted by atomic mass is 32.2. The van der Waals surface area contributed by atoms with Gasteiger partial charge >= 0.3 is 5.97 Å². The molecule has 0 heterocycles. The number of anilines is 1. The normalized spacial score (nSPS) is 11.0. The van der Waals surface area contributed by atoms with Gasteiger partial charge in [-0.25, -0.2) is 13.2 Å². The maximum Gasteiger partial charge on any atom is 0.340 e. The molecule has 2 rings (SSSR count). The summed E-state index contributed by atoms with van der Waals surface area (Å²) in [7, 11) is -3.54. The fraction of sp³-hybridized carbons (Fsp3) is 0.176. The van der Waals surface area contributed by atoms with Crippen LogP contribution in [0.5, 0.6) is 0 Å². The molecule has 0 saturated heterocycles. The highest BCUT2D eigenvalue weighted by Crippen LogP contribution is 2.18. The number of hydrogen-bond donors (Lipinski definition) is 1. The highest BCUT2D eigenvalue weighted by molar-refractivity contribution is 7.98. The number of thioether (sulfide) groups is 1. The summed E-state index contributed by atoms with van der Waals surface area (Å²) in [6.45, 7) is -0.426. The molecule has 0 radical (unpaired) electrons. The monoisotopic (exact) mass is 379 g/mol. The molecule has 2 aromatic rings. The summed E-state index contributed by atoms with van der Waals surface area (Å²) in [5.74, 6) is -1.12. The maximum absolute atomic E-state index is 12.2. The van der Waals surface area contributed by atoms with Crippen LogP contribution in [0.25, 0.3) is 0 Å². The third kappa shape index (κ3) is 5.61. The summed E-state index contributed by atoms with van der Waals surface area (Å²) in [6, 6.07) is 13.0. The van der Waals surface area contributed by atoms with Gasteiger partial charge in [-0.15, -0.1) is 11.8 Å². The van der Waals surface area contributed by atoms with Gasteiger partial charge in [0.1, 0.15) is 0 Å². The van der Waals surface area contributed by atoms with Crippen molar-refractivity contribution < 1.29 is 22.7 Å². The SMILES string of the molecule is CSc1ccc(C(=O)COC(=O)c2ccccc2NS(C)(=O)=O)cc1. The van der Waals surface area contributed by atoms with Crippen molar-refractivity contribution in [1.82, 2.24) is 0 Å². The number of ether oxygens (including phenoxy) is 1. The predicted octanol–water partition coefficient (Wildman–Crippen LogP) is 2.82. The average molecular weight is 379 g/mol. The molecule has 0 amide bonds. The number of hydrogen-bond acceptors (Lipinski definition) is 6. The van der Waals surface area contributed by atoms with E-state index in [1.165, 1.54) is 12.1 Å². The Morgan fingerprint density at radius 3 is 2.32 bits per heavy atom. The van der Waals surface area contributed by atoms with E-state index in [0.717, 1.165) is 11.2 Å². The van der Waals surface area contributed by atoms with E-state index >= 15 is 0 Å². The van der Waals surface area contributed by atoms with E-state index in [-0.39, 0.29) is 17.0 Å². The standard InChI is InChI=1S/C17H17NO5S2/c1-24-13-9-7-12(8-10-13)16(19)11-23-17(20)14-5-3-4-6-15(14)18-25(2,21)22/h3-10,18H,11H2,1-2H3. The van der Waals surface area contributed by atoms with Crippen LogP contribution in [0.4, 0.5) is 5.69 Å². The molecule has 0 fully saturated rings. The summed E-state index contributed by atoms with van der Waals surface area (Å²) in [5, 5.41) is 0. The second kappa shape index (κ2) is 8.17. The van der Waals surface area contributed by atoms with Gasteiger partial charge < -0.3 is 4.74 Å². The van der Waals surface area contributed by atoms with Crippen molar-refractivity contribution >= 4 is 39.2 Å². The van der Waals surface area contributed by atoms with Gasteiger partial charge in [0.05, 0.1) is 17.5 Å². The van der Waals surface area contributed by atoms with Gasteiger partial charge in [-0.2, -0.15) is 0 Å². The van der Waals surface area contributed by atoms with Crippen molar-refractivity contribution in [2.24, 2.45) is 0 Å². The minimum Gasteiger partial charge on any atom is -0.454 e. The lowest BCUT2D eigenvalue weighted by molar-refractivity contribution is 0.0476. The minimum absolute atomic E-state index is 0.0402. The Bertz CT molecular complexity index is 876. The summed E-state index contributed by atoms with van der Waals surface area (Å²) >= 11 is 1.56. The van der Waals surface area contributed by atoms with Crippen LogP contribution >= 0.6 is 11.8 Å². The number of ketones is 1. The Morgan fingerprint density at radius 1 is 1.08 bits per heavy atom. The zero-order chi connectivity index (χ0) is 18.4. The summed E-state index contributed by atoms with van der Waals surface area (Å²) in [4.78, 5) is 25.3. The lowest BCUT2D eigenvalue weighted by Crippen LogP contribution is -2.17. The van der Waals surface area contributed by atoms with E-state index in [0.29, 0.717) is 5.56 Å². The first kappa shape index (κ1) is 19.0. The number of sulfonamides is 1. The molecule has 0 aliphatic rings. The Balaban J connectivity index is 2.06. The van der Waals surface area contributed by atoms with Crippen LogP contribution in [0.3, 0.4) is 0 Å². The zero-order valence-electron chi connectivity index (χ0n) is 13.7. The van der Waals surface area contributed by atoms with E-state index in [1.807, 2.05) is 18.4 Å². The van der Waals surface area contributed by atoms with Crippen molar-refractivity contribution in [1.29, 1.82) is 0 Å². The van der Waals surface area contributed by atoms with Crippen LogP contribution in [0.1, 0.15) is 20.7 Å². The number of Topliss-reactive ketones (excluding diaryl/α,β-unsaturated/α-hetero) is 1. The Hall–Kier alpha value is -2.32. The van der Waals surface area contributed by atoms with Gasteiger partial charge in [0.2, 0.25) is 10.0 Å². The molecule has 0 aromatic heterocycles. The number of esters is 1. The number of carbonyl (C=O) groups excluding carboxylic acids is 2. The average Bonchev–Trinajstić information content (AvgIpc) is 2.58. The molecule has 1 N–H and O–H groups in total. The number of benzene rings is 2. The topological polar surface area (TPSA) is 89.5 Å². The van der Waals surface area contributed by atoms with Crippen LogP contribution in [0.15, 0.2) is 53.4 Å². The summed E-state index contributed by atoms with van der Waals surface area (Å²) in [6.07, 6.45) is 2.91. The Morgan fingerprint density at radius 2 is 1.72 bits per heavy atom. The van der Waals surface area contributed by atoms with Gasteiger partial charge in [0.25, 0.3) is 0 Å². The molecule has 8 heteroatoms. The summed E-state index contributed by atoms with van der Waals surface area (Å²) in [5.41, 5.74) is 0.582. The molecule has 132 valence electrons. The molecule has 0 unspecified atom stereocenters. The molecule has 2 aromatic carbocycles. The number of para-hydroxylation sites is 1. The van der Waals surface area contributed by atoms with Crippen molar-refractivity contribution in [3.8, 4) is 0 Å². The lowest BCUT2D eigenvalue weighted by Gasteiger charge is -2.10. The molecule has 0 aliphatic carbocycles. The first-order valence-corrected chi connectivity index (χ1v) is 10.3. The van der Waals surface area contributed by atoms with E-state index in [2.05, 4.69) is 4.72 Å². The number of rotatable bonds is 7.